The summed E-state index contributed by atoms with van der Waals surface area (Å²) in [6.07, 6.45) is -9.32. The van der Waals surface area contributed by atoms with Crippen molar-refractivity contribution in [1.82, 2.24) is 0 Å². The highest BCUT2D eigenvalue weighted by atomic mass is 79.9. The van der Waals surface area contributed by atoms with E-state index in [1.165, 1.54) is 42.5 Å². The molecule has 7 aromatic carbocycles. The molecule has 0 atom stereocenters. The standard InChI is InChI=1S/C20H16BrN3O3.C15H10F3N3O2.C14H10BrF3N2O2/c21-15-10-4-5-11-16(15)23-20(27)24-17-12-6-9-14(18(17)25)19(26)22-13-7-2-1-3-8-13;16-15(17,18)10-3-1-2-4-11(10)20-14(23)21-12-6-5-9(8-19)7-13(12)22;15-9-5-1-2-6-10(9)19-13(22)20-11-7-3-4-8(12(11)21)14(16,17)18/h1-12,25H,(H,22,26)(H2,23,24,27);1-7,22H,(H2,20,21,23);1-7,21H,(H2,19,20,22). The second-order valence-electron chi connectivity index (χ2n) is 14.3. The first-order valence-corrected chi connectivity index (χ1v) is 21.9. The zero-order valence-electron chi connectivity index (χ0n) is 36.5. The number of hydrogen-bond donors (Lipinski definition) is 10. The number of phenolic OH excluding ortho intramolecular Hbond substituents is 3. The summed E-state index contributed by atoms with van der Waals surface area (Å²) in [5.41, 5.74) is -1.01. The highest BCUT2D eigenvalue weighted by Gasteiger charge is 2.35. The molecular formula is C49H36Br2F6N8O7. The highest BCUT2D eigenvalue weighted by Crippen LogP contribution is 2.40. The number of nitriles is 1. The van der Waals surface area contributed by atoms with Gasteiger partial charge in [0.15, 0.2) is 11.5 Å². The maximum absolute atomic E-state index is 12.8. The van der Waals surface area contributed by atoms with Gasteiger partial charge in [0.1, 0.15) is 5.75 Å². The van der Waals surface area contributed by atoms with E-state index in [4.69, 9.17) is 5.26 Å². The number of halogens is 8. The van der Waals surface area contributed by atoms with Crippen molar-refractivity contribution in [3.8, 4) is 23.3 Å². The van der Waals surface area contributed by atoms with Gasteiger partial charge >= 0.3 is 30.4 Å². The second kappa shape index (κ2) is 24.7. The fraction of sp³-hybridized carbons (Fsp3) is 0.0408. The van der Waals surface area contributed by atoms with Crippen LogP contribution in [0.15, 0.2) is 167 Å². The van der Waals surface area contributed by atoms with E-state index in [1.54, 1.807) is 78.9 Å². The van der Waals surface area contributed by atoms with Gasteiger partial charge in [-0.3, -0.25) is 4.79 Å². The Kier molecular flexibility index (Phi) is 18.6. The number of rotatable bonds is 8. The van der Waals surface area contributed by atoms with E-state index in [-0.39, 0.29) is 39.7 Å². The van der Waals surface area contributed by atoms with Crippen molar-refractivity contribution in [2.75, 3.05) is 37.2 Å². The van der Waals surface area contributed by atoms with E-state index < -0.39 is 58.9 Å². The van der Waals surface area contributed by atoms with E-state index in [2.05, 4.69) is 69.1 Å². The lowest BCUT2D eigenvalue weighted by molar-refractivity contribution is -0.139. The van der Waals surface area contributed by atoms with Crippen molar-refractivity contribution in [3.63, 3.8) is 0 Å². The number of phenols is 3. The van der Waals surface area contributed by atoms with Crippen LogP contribution in [0.1, 0.15) is 27.0 Å². The molecule has 72 heavy (non-hydrogen) atoms. The van der Waals surface area contributed by atoms with Gasteiger partial charge < -0.3 is 52.5 Å². The van der Waals surface area contributed by atoms with Crippen LogP contribution in [0.5, 0.6) is 17.2 Å². The molecule has 0 spiro atoms. The molecule has 0 bridgehead atoms. The summed E-state index contributed by atoms with van der Waals surface area (Å²) in [5, 5.41) is 55.2. The number of nitrogens with one attached hydrogen (secondary N) is 7. The lowest BCUT2D eigenvalue weighted by Gasteiger charge is -2.14. The average molecular weight is 1120 g/mol. The third-order valence-corrected chi connectivity index (χ3v) is 10.6. The number of aromatic hydroxyl groups is 3. The van der Waals surface area contributed by atoms with Crippen molar-refractivity contribution >= 4 is 95.7 Å². The summed E-state index contributed by atoms with van der Waals surface area (Å²) in [7, 11) is 0. The molecule has 0 aliphatic heterocycles. The molecule has 0 radical (unpaired) electrons. The van der Waals surface area contributed by atoms with Crippen LogP contribution in [0.3, 0.4) is 0 Å². The molecule has 7 rings (SSSR count). The van der Waals surface area contributed by atoms with Crippen molar-refractivity contribution in [2.45, 2.75) is 12.4 Å². The third kappa shape index (κ3) is 15.6. The van der Waals surface area contributed by atoms with Gasteiger partial charge in [0.05, 0.1) is 62.4 Å². The fourth-order valence-corrected chi connectivity index (χ4v) is 6.69. The molecule has 7 aromatic rings. The number of hydrogen-bond acceptors (Lipinski definition) is 8. The molecule has 7 amide bonds. The number of carbonyl (C=O) groups is 4. The van der Waals surface area contributed by atoms with Crippen molar-refractivity contribution in [2.24, 2.45) is 0 Å². The van der Waals surface area contributed by atoms with Crippen LogP contribution < -0.4 is 37.2 Å². The third-order valence-electron chi connectivity index (χ3n) is 9.25. The van der Waals surface area contributed by atoms with Gasteiger partial charge in [-0.05, 0) is 123 Å². The van der Waals surface area contributed by atoms with Crippen LogP contribution in [-0.2, 0) is 12.4 Å². The van der Waals surface area contributed by atoms with Crippen LogP contribution in [0.25, 0.3) is 0 Å². The summed E-state index contributed by atoms with van der Waals surface area (Å²) < 4.78 is 77.8. The highest BCUT2D eigenvalue weighted by molar-refractivity contribution is 9.11. The summed E-state index contributed by atoms with van der Waals surface area (Å²) in [6.45, 7) is 0. The Bertz CT molecular complexity index is 3120. The minimum absolute atomic E-state index is 0.0361. The SMILES string of the molecule is N#Cc1ccc(NC(=O)Nc2ccccc2C(F)(F)F)c(O)c1.O=C(Nc1ccccc1Br)Nc1cccc(C(=O)Nc2ccccc2)c1O.O=C(Nc1ccccc1Br)Nc1cccc(C(F)(F)F)c1O. The fourth-order valence-electron chi connectivity index (χ4n) is 5.92. The van der Waals surface area contributed by atoms with E-state index in [0.29, 0.717) is 21.5 Å². The molecule has 0 aromatic heterocycles. The molecule has 10 N–H and O–H groups in total. The lowest BCUT2D eigenvalue weighted by atomic mass is 10.1. The first-order valence-electron chi connectivity index (χ1n) is 20.3. The van der Waals surface area contributed by atoms with Crippen molar-refractivity contribution < 1.29 is 60.8 Å². The monoisotopic (exact) mass is 1120 g/mol. The molecule has 0 unspecified atom stereocenters. The lowest BCUT2D eigenvalue weighted by Crippen LogP contribution is -2.21. The summed E-state index contributed by atoms with van der Waals surface area (Å²) >= 11 is 6.56. The molecule has 0 aliphatic carbocycles. The summed E-state index contributed by atoms with van der Waals surface area (Å²) in [5.74, 6) is -2.19. The maximum Gasteiger partial charge on any atom is 0.420 e. The van der Waals surface area contributed by atoms with Gasteiger partial charge in [0, 0.05) is 14.6 Å². The van der Waals surface area contributed by atoms with E-state index in [0.717, 1.165) is 34.8 Å². The Hall–Kier alpha value is -8.75. The number of nitrogens with zero attached hydrogens (tertiary/aromatic N) is 1. The molecule has 0 saturated carbocycles. The number of urea groups is 3. The van der Waals surface area contributed by atoms with Crippen molar-refractivity contribution in [1.29, 1.82) is 5.26 Å². The van der Waals surface area contributed by atoms with Crippen LogP contribution >= 0.6 is 31.9 Å². The Morgan fingerprint density at radius 3 is 1.38 bits per heavy atom. The Morgan fingerprint density at radius 1 is 0.444 bits per heavy atom. The van der Waals surface area contributed by atoms with Crippen LogP contribution in [0, 0.1) is 11.3 Å². The minimum Gasteiger partial charge on any atom is -0.506 e. The molecule has 0 heterocycles. The largest absolute Gasteiger partial charge is 0.506 e. The Balaban J connectivity index is 0.000000202. The second-order valence-corrected chi connectivity index (χ2v) is 16.0. The predicted molar refractivity (Wildman–Crippen MR) is 266 cm³/mol. The number of amides is 7. The van der Waals surface area contributed by atoms with Crippen molar-refractivity contribution in [3.05, 3.63) is 189 Å². The molecule has 370 valence electrons. The maximum atomic E-state index is 12.8. The van der Waals surface area contributed by atoms with Crippen LogP contribution in [-0.4, -0.2) is 39.3 Å². The summed E-state index contributed by atoms with van der Waals surface area (Å²) in [4.78, 5) is 48.2. The predicted octanol–water partition coefficient (Wildman–Crippen LogP) is 13.8. The first kappa shape index (κ1) is 54.2. The van der Waals surface area contributed by atoms with E-state index in [1.807, 2.05) is 12.1 Å². The normalized spacial score (nSPS) is 10.6. The number of carbonyl (C=O) groups excluding carboxylic acids is 4. The van der Waals surface area contributed by atoms with Crippen LogP contribution in [0.2, 0.25) is 0 Å². The van der Waals surface area contributed by atoms with Gasteiger partial charge in [-0.15, -0.1) is 0 Å². The topological polar surface area (TPSA) is 237 Å². The van der Waals surface area contributed by atoms with Gasteiger partial charge in [-0.2, -0.15) is 31.6 Å². The van der Waals surface area contributed by atoms with Gasteiger partial charge in [0.25, 0.3) is 5.91 Å². The van der Waals surface area contributed by atoms with Crippen LogP contribution in [0.4, 0.5) is 80.5 Å². The number of benzene rings is 7. The molecule has 0 saturated heterocycles. The van der Waals surface area contributed by atoms with E-state index in [9.17, 15) is 60.8 Å². The average Bonchev–Trinajstić information content (AvgIpc) is 3.32. The molecular weight excluding hydrogens is 1090 g/mol. The van der Waals surface area contributed by atoms with Gasteiger partial charge in [-0.25, -0.2) is 14.4 Å². The van der Waals surface area contributed by atoms with E-state index >= 15 is 0 Å². The zero-order valence-corrected chi connectivity index (χ0v) is 39.6. The smallest absolute Gasteiger partial charge is 0.420 e. The number of anilines is 7. The Morgan fingerprint density at radius 2 is 0.861 bits per heavy atom. The minimum atomic E-state index is -4.71. The number of alkyl halides is 6. The molecule has 0 fully saturated rings. The quantitative estimate of drug-likeness (QED) is 0.0518. The summed E-state index contributed by atoms with van der Waals surface area (Å²) in [6, 6.07) is 38.1. The molecule has 15 nitrogen and oxygen atoms in total. The van der Waals surface area contributed by atoms with Gasteiger partial charge in [-0.1, -0.05) is 66.7 Å². The Labute approximate surface area is 421 Å². The molecule has 23 heteroatoms. The number of para-hydroxylation sites is 6. The van der Waals surface area contributed by atoms with Gasteiger partial charge in [0.2, 0.25) is 0 Å². The zero-order chi connectivity index (χ0) is 52.6. The molecule has 0 aliphatic rings. The first-order chi connectivity index (χ1) is 34.1.